The van der Waals surface area contributed by atoms with E-state index in [4.69, 9.17) is 19.3 Å². The Morgan fingerprint density at radius 1 is 0.378 bits per heavy atom. The highest BCUT2D eigenvalue weighted by Gasteiger charge is 2.19. The average Bonchev–Trinajstić information content (AvgIpc) is 3.37. The molecule has 0 spiro atoms. The van der Waals surface area contributed by atoms with Crippen LogP contribution in [-0.2, 0) is 28.6 Å². The van der Waals surface area contributed by atoms with Gasteiger partial charge in [-0.25, -0.2) is 0 Å². The summed E-state index contributed by atoms with van der Waals surface area (Å²) >= 11 is 0. The smallest absolute Gasteiger partial charge is 0.306 e. The zero-order chi connectivity index (χ0) is 53.6. The van der Waals surface area contributed by atoms with Crippen LogP contribution in [-0.4, -0.2) is 74.5 Å². The second kappa shape index (κ2) is 67.5. The van der Waals surface area contributed by atoms with Crippen molar-refractivity contribution in [1.82, 2.24) is 4.90 Å². The van der Waals surface area contributed by atoms with Crippen molar-refractivity contribution in [3.8, 4) is 0 Å². The highest BCUT2D eigenvalue weighted by Crippen LogP contribution is 2.18. The molecule has 0 aromatic rings. The lowest BCUT2D eigenvalue weighted by atomic mass is 10.0. The summed E-state index contributed by atoms with van der Waals surface area (Å²) in [7, 11) is 4.03. The van der Waals surface area contributed by atoms with Gasteiger partial charge < -0.3 is 24.2 Å². The summed E-state index contributed by atoms with van der Waals surface area (Å²) in [6.07, 6.45) is 62.8. The number of aliphatic hydroxyl groups is 1. The first-order chi connectivity index (χ1) is 35.8. The lowest BCUT2D eigenvalue weighted by Crippen LogP contribution is -2.30. The fraction of sp³-hybridized carbons (Fsp3) is 0.923. The average molecular weight is 1070 g/mol. The minimum atomic E-state index is -0.768. The van der Waals surface area contributed by atoms with Gasteiger partial charge in [-0.15, -0.1) is 19.0 Å². The van der Waals surface area contributed by atoms with Gasteiger partial charge in [0.1, 0.15) is 13.2 Å². The molecule has 0 radical (unpaired) electrons. The summed E-state index contributed by atoms with van der Waals surface area (Å²) in [6.45, 7) is 9.28. The van der Waals surface area contributed by atoms with Crippen LogP contribution in [0.2, 0.25) is 0 Å². The fourth-order valence-electron chi connectivity index (χ4n) is 9.63. The van der Waals surface area contributed by atoms with Crippen LogP contribution in [0.3, 0.4) is 0 Å². The Labute approximate surface area is 467 Å². The molecule has 0 aliphatic carbocycles. The number of ether oxygens (including phenoxy) is 3. The van der Waals surface area contributed by atoms with Crippen molar-refractivity contribution in [3.05, 3.63) is 12.7 Å². The Morgan fingerprint density at radius 3 is 0.797 bits per heavy atom. The molecule has 0 bridgehead atoms. The van der Waals surface area contributed by atoms with Gasteiger partial charge in [0.05, 0.1) is 0 Å². The molecule has 0 fully saturated rings. The number of rotatable bonds is 59. The predicted molar refractivity (Wildman–Crippen MR) is 322 cm³/mol. The van der Waals surface area contributed by atoms with Crippen molar-refractivity contribution >= 4 is 30.3 Å². The molecule has 1 N–H and O–H groups in total. The van der Waals surface area contributed by atoms with Gasteiger partial charge in [0.2, 0.25) is 0 Å². The minimum Gasteiger partial charge on any atom is -0.462 e. The van der Waals surface area contributed by atoms with Crippen molar-refractivity contribution in [1.29, 1.82) is 0 Å². The zero-order valence-electron chi connectivity index (χ0n) is 50.0. The first-order valence-electron chi connectivity index (χ1n) is 32.2. The van der Waals surface area contributed by atoms with Crippen molar-refractivity contribution < 1.29 is 33.7 Å². The summed E-state index contributed by atoms with van der Waals surface area (Å²) in [6, 6.07) is 0. The first kappa shape index (κ1) is 76.6. The molecule has 442 valence electrons. The van der Waals surface area contributed by atoms with Gasteiger partial charge in [-0.1, -0.05) is 302 Å². The van der Waals surface area contributed by atoms with Crippen LogP contribution < -0.4 is 0 Å². The van der Waals surface area contributed by atoms with E-state index in [0.717, 1.165) is 70.8 Å². The van der Waals surface area contributed by atoms with Crippen molar-refractivity contribution in [3.63, 3.8) is 0 Å². The molecule has 0 aliphatic heterocycles. The van der Waals surface area contributed by atoms with E-state index in [0.29, 0.717) is 25.9 Å². The summed E-state index contributed by atoms with van der Waals surface area (Å²) in [5.41, 5.74) is 0. The number of nitrogens with zero attached hydrogens (tertiary/aromatic N) is 1. The van der Waals surface area contributed by atoms with Crippen LogP contribution in [0.1, 0.15) is 341 Å². The van der Waals surface area contributed by atoms with Crippen LogP contribution in [0.4, 0.5) is 0 Å². The van der Waals surface area contributed by atoms with E-state index in [2.05, 4.69) is 25.3 Å². The number of esters is 3. The van der Waals surface area contributed by atoms with Gasteiger partial charge in [-0.05, 0) is 39.8 Å². The van der Waals surface area contributed by atoms with E-state index in [1.165, 1.54) is 244 Å². The maximum atomic E-state index is 12.9. The topological polar surface area (TPSA) is 102 Å². The number of carbonyl (C=O) groups excluding carboxylic acids is 3. The third-order valence-electron chi connectivity index (χ3n) is 14.4. The first-order valence-corrected chi connectivity index (χ1v) is 32.2. The summed E-state index contributed by atoms with van der Waals surface area (Å²) in [5, 5.41) is 8.86. The Bertz CT molecular complexity index is 1120. The molecule has 8 nitrogen and oxygen atoms in total. The SMILES string of the molecule is C=CCN(C)C.CCCCCCCCCCCCCCCCCC(=O)OCC(COC(=O)CCCCCCCCCCCCCCCCCCCCO)OC(=O)CCCCCCCCCCCCCCCCC.Cl. The number of likely N-dealkylation sites (N-methyl/N-ethyl adjacent to an activating group) is 1. The van der Waals surface area contributed by atoms with Gasteiger partial charge in [0.15, 0.2) is 6.10 Å². The number of hydrogen-bond acceptors (Lipinski definition) is 8. The monoisotopic (exact) mass is 1070 g/mol. The number of hydrogen-bond donors (Lipinski definition) is 1. The Hall–Kier alpha value is -1.64. The maximum Gasteiger partial charge on any atom is 0.306 e. The molecule has 0 aliphatic rings. The van der Waals surface area contributed by atoms with Crippen molar-refractivity contribution in [2.75, 3.05) is 40.5 Å². The van der Waals surface area contributed by atoms with E-state index in [-0.39, 0.29) is 43.5 Å². The summed E-state index contributed by atoms with van der Waals surface area (Å²) < 4.78 is 16.9. The zero-order valence-corrected chi connectivity index (χ0v) is 50.8. The van der Waals surface area contributed by atoms with Gasteiger partial charge >= 0.3 is 17.9 Å². The third-order valence-corrected chi connectivity index (χ3v) is 14.4. The molecule has 1 unspecified atom stereocenters. The van der Waals surface area contributed by atoms with Crippen LogP contribution in [0.5, 0.6) is 0 Å². The number of unbranched alkanes of at least 4 members (excludes halogenated alkanes) is 45. The molecule has 1 atom stereocenters. The van der Waals surface area contributed by atoms with Crippen LogP contribution in [0.25, 0.3) is 0 Å². The summed E-state index contributed by atoms with van der Waals surface area (Å²) in [5.74, 6) is -0.847. The van der Waals surface area contributed by atoms with Gasteiger partial charge in [0.25, 0.3) is 0 Å². The predicted octanol–water partition coefficient (Wildman–Crippen LogP) is 20.1. The standard InChI is InChI=1S/C60H116O7.C5H11N.ClH/c1-3-5-7-9-11-13-15-17-23-27-31-35-39-43-47-51-58(62)65-55-57(67-60(64)53-49-45-41-37-33-29-24-18-16-14-12-10-8-6-4-2)56-66-59(63)52-48-44-40-36-32-28-25-21-19-20-22-26-30-34-38-42-46-50-54-61;1-4-5-6(2)3;/h57,61H,3-56H2,1-2H3;4H,1,5H2,2-3H3;1H. The molecule has 0 aromatic heterocycles. The molecule has 74 heavy (non-hydrogen) atoms. The number of carbonyl (C=O) groups is 3. The molecular weight excluding hydrogens is 942 g/mol. The summed E-state index contributed by atoms with van der Waals surface area (Å²) in [4.78, 5) is 40.2. The Kier molecular flexibility index (Phi) is 69.8. The number of halogens is 1. The van der Waals surface area contributed by atoms with Gasteiger partial charge in [-0.3, -0.25) is 14.4 Å². The molecular formula is C65H128ClNO7. The maximum absolute atomic E-state index is 12.9. The minimum absolute atomic E-state index is 0. The lowest BCUT2D eigenvalue weighted by Gasteiger charge is -2.18. The molecule has 9 heteroatoms. The van der Waals surface area contributed by atoms with E-state index < -0.39 is 6.10 Å². The highest BCUT2D eigenvalue weighted by atomic mass is 35.5. The van der Waals surface area contributed by atoms with E-state index in [1.54, 1.807) is 0 Å². The quantitative estimate of drug-likeness (QED) is 0.0278. The Balaban J connectivity index is -0.00000675. The molecule has 0 saturated heterocycles. The van der Waals surface area contributed by atoms with Crippen LogP contribution in [0, 0.1) is 0 Å². The van der Waals surface area contributed by atoms with Gasteiger partial charge in [0, 0.05) is 32.4 Å². The van der Waals surface area contributed by atoms with E-state index in [9.17, 15) is 14.4 Å². The normalized spacial score (nSPS) is 11.5. The Morgan fingerprint density at radius 2 is 0.595 bits per heavy atom. The van der Waals surface area contributed by atoms with Crippen LogP contribution in [0.15, 0.2) is 12.7 Å². The molecule has 0 amide bonds. The van der Waals surface area contributed by atoms with Crippen molar-refractivity contribution in [2.24, 2.45) is 0 Å². The van der Waals surface area contributed by atoms with Crippen LogP contribution >= 0.6 is 12.4 Å². The highest BCUT2D eigenvalue weighted by molar-refractivity contribution is 5.85. The fourth-order valence-corrected chi connectivity index (χ4v) is 9.63. The third kappa shape index (κ3) is 68.4. The lowest BCUT2D eigenvalue weighted by molar-refractivity contribution is -0.167. The molecule has 0 rings (SSSR count). The van der Waals surface area contributed by atoms with Gasteiger partial charge in [-0.2, -0.15) is 0 Å². The molecule has 0 heterocycles. The second-order valence-electron chi connectivity index (χ2n) is 22.3. The largest absolute Gasteiger partial charge is 0.462 e. The van der Waals surface area contributed by atoms with Crippen molar-refractivity contribution in [2.45, 2.75) is 347 Å². The molecule has 0 aromatic carbocycles. The van der Waals surface area contributed by atoms with E-state index in [1.807, 2.05) is 20.2 Å². The number of aliphatic hydroxyl groups excluding tert-OH is 1. The van der Waals surface area contributed by atoms with E-state index >= 15 is 0 Å². The molecule has 0 saturated carbocycles. The second-order valence-corrected chi connectivity index (χ2v) is 22.3.